The van der Waals surface area contributed by atoms with Crippen LogP contribution in [0.5, 0.6) is 0 Å². The Bertz CT molecular complexity index is 641. The number of nitrogens with zero attached hydrogens (tertiary/aromatic N) is 3. The number of aromatic nitrogens is 2. The van der Waals surface area contributed by atoms with Crippen molar-refractivity contribution in [2.75, 3.05) is 13.1 Å². The lowest BCUT2D eigenvalue weighted by atomic mass is 10.4. The van der Waals surface area contributed by atoms with Crippen LogP contribution in [0.1, 0.15) is 13.8 Å². The Kier molecular flexibility index (Phi) is 5.56. The fourth-order valence-electron chi connectivity index (χ4n) is 1.79. The van der Waals surface area contributed by atoms with Crippen molar-refractivity contribution < 1.29 is 4.79 Å². The Balaban J connectivity index is 2.21. The van der Waals surface area contributed by atoms with Gasteiger partial charge in [-0.3, -0.25) is 0 Å². The number of rotatable bonds is 4. The van der Waals surface area contributed by atoms with E-state index in [1.165, 1.54) is 22.6 Å². The molecule has 0 aliphatic carbocycles. The van der Waals surface area contributed by atoms with E-state index in [2.05, 4.69) is 5.10 Å². The Hall–Kier alpha value is -1.17. The molecule has 2 aromatic rings. The molecular weight excluding hydrogens is 329 g/mol. The fraction of sp³-hybridized carbons (Fsp3) is 0.286. The maximum Gasteiger partial charge on any atom is 0.344 e. The van der Waals surface area contributed by atoms with E-state index in [1.54, 1.807) is 11.0 Å². The molecule has 1 amide bonds. The molecular formula is C14H15Cl2N3OS. The lowest BCUT2D eigenvalue weighted by Crippen LogP contribution is -2.34. The van der Waals surface area contributed by atoms with Crippen LogP contribution in [-0.4, -0.2) is 33.8 Å². The molecule has 0 fully saturated rings. The minimum absolute atomic E-state index is 0.181. The number of hydrogen-bond donors (Lipinski definition) is 0. The van der Waals surface area contributed by atoms with Gasteiger partial charge in [-0.05, 0) is 32.0 Å². The van der Waals surface area contributed by atoms with E-state index in [9.17, 15) is 4.79 Å². The first-order valence-electron chi connectivity index (χ1n) is 6.53. The van der Waals surface area contributed by atoms with Crippen LogP contribution in [0.15, 0.2) is 40.4 Å². The SMILES string of the molecule is CCN(CC)C(=O)n1cc(Cl)c(Sc2cccc(Cl)c2)n1. The molecule has 0 atom stereocenters. The van der Waals surface area contributed by atoms with Gasteiger partial charge in [0.15, 0.2) is 0 Å². The quantitative estimate of drug-likeness (QED) is 0.810. The number of hydrogen-bond acceptors (Lipinski definition) is 3. The molecule has 0 saturated carbocycles. The molecule has 1 aromatic carbocycles. The van der Waals surface area contributed by atoms with Gasteiger partial charge in [0.05, 0.1) is 11.2 Å². The van der Waals surface area contributed by atoms with Crippen LogP contribution in [0.4, 0.5) is 4.79 Å². The molecule has 4 nitrogen and oxygen atoms in total. The van der Waals surface area contributed by atoms with Crippen molar-refractivity contribution in [2.24, 2.45) is 0 Å². The number of carbonyl (C=O) groups is 1. The summed E-state index contributed by atoms with van der Waals surface area (Å²) in [6, 6.07) is 7.22. The van der Waals surface area contributed by atoms with E-state index in [4.69, 9.17) is 23.2 Å². The summed E-state index contributed by atoms with van der Waals surface area (Å²) in [5.41, 5.74) is 0. The van der Waals surface area contributed by atoms with Crippen LogP contribution in [-0.2, 0) is 0 Å². The van der Waals surface area contributed by atoms with Crippen molar-refractivity contribution in [1.29, 1.82) is 0 Å². The maximum atomic E-state index is 12.2. The number of benzene rings is 1. The van der Waals surface area contributed by atoms with Crippen LogP contribution in [0.25, 0.3) is 0 Å². The van der Waals surface area contributed by atoms with Gasteiger partial charge in [-0.15, -0.1) is 0 Å². The standard InChI is InChI=1S/C14H15Cl2N3OS/c1-3-18(4-2)14(20)19-9-12(16)13(17-19)21-11-7-5-6-10(15)8-11/h5-9H,3-4H2,1-2H3. The number of amides is 1. The highest BCUT2D eigenvalue weighted by Crippen LogP contribution is 2.33. The van der Waals surface area contributed by atoms with Gasteiger partial charge in [-0.1, -0.05) is 41.0 Å². The minimum Gasteiger partial charge on any atom is -0.323 e. The van der Waals surface area contributed by atoms with Crippen LogP contribution < -0.4 is 0 Å². The summed E-state index contributed by atoms with van der Waals surface area (Å²) in [5.74, 6) is 0. The van der Waals surface area contributed by atoms with E-state index in [-0.39, 0.29) is 6.03 Å². The van der Waals surface area contributed by atoms with Crippen molar-refractivity contribution in [1.82, 2.24) is 14.7 Å². The Labute approximate surface area is 138 Å². The second-order valence-electron chi connectivity index (χ2n) is 4.24. The van der Waals surface area contributed by atoms with Gasteiger partial charge in [0.1, 0.15) is 5.03 Å². The van der Waals surface area contributed by atoms with Crippen LogP contribution in [0.3, 0.4) is 0 Å². The van der Waals surface area contributed by atoms with Gasteiger partial charge in [0.2, 0.25) is 0 Å². The van der Waals surface area contributed by atoms with Crippen molar-refractivity contribution in [3.05, 3.63) is 40.5 Å². The molecule has 0 saturated heterocycles. The lowest BCUT2D eigenvalue weighted by molar-refractivity contribution is 0.201. The van der Waals surface area contributed by atoms with E-state index < -0.39 is 0 Å². The normalized spacial score (nSPS) is 10.7. The zero-order valence-electron chi connectivity index (χ0n) is 11.7. The van der Waals surface area contributed by atoms with E-state index >= 15 is 0 Å². The first-order chi connectivity index (χ1) is 10.0. The third-order valence-electron chi connectivity index (χ3n) is 2.88. The summed E-state index contributed by atoms with van der Waals surface area (Å²) < 4.78 is 1.28. The van der Waals surface area contributed by atoms with Gasteiger partial charge in [0, 0.05) is 23.0 Å². The number of halogens is 2. The first kappa shape index (κ1) is 16.2. The van der Waals surface area contributed by atoms with Gasteiger partial charge >= 0.3 is 6.03 Å². The average Bonchev–Trinajstić information content (AvgIpc) is 2.81. The van der Waals surface area contributed by atoms with E-state index in [0.29, 0.717) is 28.2 Å². The molecule has 0 aliphatic heterocycles. The Morgan fingerprint density at radius 1 is 1.33 bits per heavy atom. The third kappa shape index (κ3) is 3.93. The smallest absolute Gasteiger partial charge is 0.323 e. The van der Waals surface area contributed by atoms with Gasteiger partial charge in [-0.2, -0.15) is 9.78 Å². The number of carbonyl (C=O) groups excluding carboxylic acids is 1. The van der Waals surface area contributed by atoms with Crippen LogP contribution in [0.2, 0.25) is 10.0 Å². The van der Waals surface area contributed by atoms with Crippen molar-refractivity contribution >= 4 is 41.0 Å². The molecule has 1 heterocycles. The van der Waals surface area contributed by atoms with Crippen molar-refractivity contribution in [3.63, 3.8) is 0 Å². The summed E-state index contributed by atoms with van der Waals surface area (Å²) in [7, 11) is 0. The second kappa shape index (κ2) is 7.20. The lowest BCUT2D eigenvalue weighted by Gasteiger charge is -2.17. The third-order valence-corrected chi connectivity index (χ3v) is 4.49. The van der Waals surface area contributed by atoms with Crippen LogP contribution >= 0.6 is 35.0 Å². The summed E-state index contributed by atoms with van der Waals surface area (Å²) in [4.78, 5) is 14.8. The first-order valence-corrected chi connectivity index (χ1v) is 8.10. The van der Waals surface area contributed by atoms with Gasteiger partial charge in [-0.25, -0.2) is 4.79 Å². The molecule has 21 heavy (non-hydrogen) atoms. The van der Waals surface area contributed by atoms with E-state index in [1.807, 2.05) is 32.0 Å². The second-order valence-corrected chi connectivity index (χ2v) is 6.15. The minimum atomic E-state index is -0.181. The topological polar surface area (TPSA) is 38.1 Å². The molecule has 0 unspecified atom stereocenters. The molecule has 0 aliphatic rings. The highest BCUT2D eigenvalue weighted by molar-refractivity contribution is 7.99. The molecule has 2 rings (SSSR count). The Morgan fingerprint density at radius 3 is 2.67 bits per heavy atom. The van der Waals surface area contributed by atoms with E-state index in [0.717, 1.165) is 4.90 Å². The summed E-state index contributed by atoms with van der Waals surface area (Å²) in [5, 5.41) is 5.94. The predicted octanol–water partition coefficient (Wildman–Crippen LogP) is 4.65. The Morgan fingerprint density at radius 2 is 2.05 bits per heavy atom. The predicted molar refractivity (Wildman–Crippen MR) is 86.5 cm³/mol. The van der Waals surface area contributed by atoms with Crippen molar-refractivity contribution in [2.45, 2.75) is 23.8 Å². The molecule has 1 aromatic heterocycles. The highest BCUT2D eigenvalue weighted by atomic mass is 35.5. The zero-order chi connectivity index (χ0) is 15.4. The highest BCUT2D eigenvalue weighted by Gasteiger charge is 2.17. The maximum absolute atomic E-state index is 12.2. The van der Waals surface area contributed by atoms with Gasteiger partial charge in [0.25, 0.3) is 0 Å². The molecule has 0 bridgehead atoms. The zero-order valence-corrected chi connectivity index (χ0v) is 14.0. The fourth-order valence-corrected chi connectivity index (χ4v) is 3.12. The molecule has 0 radical (unpaired) electrons. The molecule has 0 N–H and O–H groups in total. The summed E-state index contributed by atoms with van der Waals surface area (Å²) in [6.07, 6.45) is 1.54. The molecule has 7 heteroatoms. The summed E-state index contributed by atoms with van der Waals surface area (Å²) in [6.45, 7) is 5.11. The average molecular weight is 344 g/mol. The van der Waals surface area contributed by atoms with Crippen molar-refractivity contribution in [3.8, 4) is 0 Å². The largest absolute Gasteiger partial charge is 0.344 e. The van der Waals surface area contributed by atoms with Gasteiger partial charge < -0.3 is 4.90 Å². The summed E-state index contributed by atoms with van der Waals surface area (Å²) >= 11 is 13.5. The van der Waals surface area contributed by atoms with Crippen LogP contribution in [0, 0.1) is 0 Å². The molecule has 0 spiro atoms. The monoisotopic (exact) mass is 343 g/mol. The molecule has 112 valence electrons.